The van der Waals surface area contributed by atoms with Crippen LogP contribution in [0.25, 0.3) is 0 Å². The molecule has 0 N–H and O–H groups in total. The molecule has 0 bridgehead atoms. The Morgan fingerprint density at radius 1 is 1.55 bits per heavy atom. The van der Waals surface area contributed by atoms with E-state index >= 15 is 0 Å². The number of hydrogen-bond acceptors (Lipinski definition) is 2. The third-order valence-corrected chi connectivity index (χ3v) is 1.53. The van der Waals surface area contributed by atoms with Gasteiger partial charge in [0, 0.05) is 11.6 Å². The van der Waals surface area contributed by atoms with Gasteiger partial charge in [0.25, 0.3) is 0 Å². The van der Waals surface area contributed by atoms with Gasteiger partial charge in [0.15, 0.2) is 0 Å². The molecule has 0 rings (SSSR count). The van der Waals surface area contributed by atoms with Crippen LogP contribution in [0.15, 0.2) is 12.2 Å². The van der Waals surface area contributed by atoms with Crippen molar-refractivity contribution < 1.29 is 9.53 Å². The largest absolute Gasteiger partial charge is 0.449 e. The fourth-order valence-corrected chi connectivity index (χ4v) is 0.415. The summed E-state index contributed by atoms with van der Waals surface area (Å²) in [7, 11) is 0. The number of carbonyl (C=O) groups is 1. The number of hydrogen-bond donors (Lipinski definition) is 0. The monoisotopic (exact) mass is 176 g/mol. The van der Waals surface area contributed by atoms with E-state index in [0.717, 1.165) is 5.57 Å². The second kappa shape index (κ2) is 3.77. The highest BCUT2D eigenvalue weighted by Gasteiger charge is 2.15. The quantitative estimate of drug-likeness (QED) is 0.478. The third kappa shape index (κ3) is 4.85. The van der Waals surface area contributed by atoms with E-state index in [1.165, 1.54) is 0 Å². The molecule has 2 nitrogen and oxygen atoms in total. The van der Waals surface area contributed by atoms with Crippen LogP contribution < -0.4 is 0 Å². The minimum Gasteiger partial charge on any atom is -0.449 e. The molecule has 0 fully saturated rings. The molecule has 11 heavy (non-hydrogen) atoms. The van der Waals surface area contributed by atoms with Gasteiger partial charge in [-0.1, -0.05) is 27.4 Å². The van der Waals surface area contributed by atoms with Crippen LogP contribution in [0.5, 0.6) is 0 Å². The van der Waals surface area contributed by atoms with E-state index in [9.17, 15) is 4.79 Å². The van der Waals surface area contributed by atoms with Gasteiger partial charge < -0.3 is 4.74 Å². The van der Waals surface area contributed by atoms with Gasteiger partial charge in [0.1, 0.15) is 6.61 Å². The molecule has 0 heterocycles. The first-order chi connectivity index (χ1) is 4.84. The van der Waals surface area contributed by atoms with Crippen LogP contribution >= 0.6 is 11.6 Å². The summed E-state index contributed by atoms with van der Waals surface area (Å²) >= 11 is 4.97. The molecule has 0 aliphatic rings. The first-order valence-corrected chi connectivity index (χ1v) is 3.72. The fourth-order valence-electron chi connectivity index (χ4n) is 0.360. The molecule has 3 heteroatoms. The second-order valence-electron chi connectivity index (χ2n) is 3.38. The summed E-state index contributed by atoms with van der Waals surface area (Å²) in [4.78, 5) is 10.2. The van der Waals surface area contributed by atoms with Crippen molar-refractivity contribution in [2.24, 2.45) is 5.41 Å². The van der Waals surface area contributed by atoms with E-state index in [0.29, 0.717) is 0 Å². The Morgan fingerprint density at radius 2 is 2.00 bits per heavy atom. The number of ether oxygens (including phenoxy) is 1. The smallest absolute Gasteiger partial charge is 0.404 e. The molecule has 64 valence electrons. The molecule has 0 saturated carbocycles. The van der Waals surface area contributed by atoms with Gasteiger partial charge in [-0.15, -0.1) is 0 Å². The molecule has 0 amide bonds. The normalized spacial score (nSPS) is 10.9. The Morgan fingerprint density at radius 3 is 2.27 bits per heavy atom. The van der Waals surface area contributed by atoms with Crippen molar-refractivity contribution in [1.29, 1.82) is 0 Å². The zero-order chi connectivity index (χ0) is 9.07. The summed E-state index contributed by atoms with van der Waals surface area (Å²) < 4.78 is 4.56. The summed E-state index contributed by atoms with van der Waals surface area (Å²) in [5.41, 5.74) is 0.0358. The molecule has 0 saturated heterocycles. The Balaban J connectivity index is 3.80. The number of halogens is 1. The number of carbonyl (C=O) groups excluding carboxylic acids is 1. The van der Waals surface area contributed by atoms with Gasteiger partial charge in [-0.05, 0) is 11.0 Å². The van der Waals surface area contributed by atoms with E-state index in [-0.39, 0.29) is 12.0 Å². The molecule has 0 aliphatic heterocycles. The third-order valence-electron chi connectivity index (χ3n) is 1.42. The van der Waals surface area contributed by atoms with Crippen LogP contribution in [0.1, 0.15) is 20.8 Å². The number of rotatable bonds is 2. The second-order valence-corrected chi connectivity index (χ2v) is 3.69. The van der Waals surface area contributed by atoms with Crippen LogP contribution in [0.2, 0.25) is 0 Å². The van der Waals surface area contributed by atoms with Gasteiger partial charge in [-0.3, -0.25) is 0 Å². The van der Waals surface area contributed by atoms with Crippen LogP contribution in [0.3, 0.4) is 0 Å². The Kier molecular flexibility index (Phi) is 3.59. The molecular formula is C8H13ClO2. The van der Waals surface area contributed by atoms with Gasteiger partial charge in [-0.2, -0.15) is 0 Å². The van der Waals surface area contributed by atoms with Crippen LogP contribution in [-0.4, -0.2) is 12.0 Å². The molecule has 0 aliphatic carbocycles. The van der Waals surface area contributed by atoms with Crippen molar-refractivity contribution >= 4 is 17.0 Å². The minimum atomic E-state index is -0.782. The molecular weight excluding hydrogens is 164 g/mol. The molecule has 0 unspecified atom stereocenters. The van der Waals surface area contributed by atoms with Crippen LogP contribution in [-0.2, 0) is 4.74 Å². The van der Waals surface area contributed by atoms with Crippen LogP contribution in [0.4, 0.5) is 4.79 Å². The lowest BCUT2D eigenvalue weighted by Crippen LogP contribution is -2.14. The average molecular weight is 177 g/mol. The molecule has 0 aromatic carbocycles. The predicted octanol–water partition coefficient (Wildman–Crippen LogP) is 2.96. The SMILES string of the molecule is C=C(COC(=O)Cl)C(C)(C)C. The zero-order valence-corrected chi connectivity index (χ0v) is 7.86. The van der Waals surface area contributed by atoms with E-state index in [1.54, 1.807) is 0 Å². The summed E-state index contributed by atoms with van der Waals surface area (Å²) in [5.74, 6) is 0. The van der Waals surface area contributed by atoms with Crippen molar-refractivity contribution in [3.8, 4) is 0 Å². The van der Waals surface area contributed by atoms with Crippen LogP contribution in [0, 0.1) is 5.41 Å². The maximum atomic E-state index is 10.2. The lowest BCUT2D eigenvalue weighted by Gasteiger charge is -2.20. The first kappa shape index (κ1) is 10.5. The maximum absolute atomic E-state index is 10.2. The highest BCUT2D eigenvalue weighted by atomic mass is 35.5. The van der Waals surface area contributed by atoms with Crippen molar-refractivity contribution in [1.82, 2.24) is 0 Å². The molecule has 0 atom stereocenters. The summed E-state index contributed by atoms with van der Waals surface area (Å²) in [6, 6.07) is 0. The van der Waals surface area contributed by atoms with Gasteiger partial charge in [-0.25, -0.2) is 4.79 Å². The van der Waals surface area contributed by atoms with Gasteiger partial charge in [0.2, 0.25) is 0 Å². The highest BCUT2D eigenvalue weighted by Crippen LogP contribution is 2.23. The van der Waals surface area contributed by atoms with Gasteiger partial charge >= 0.3 is 5.43 Å². The first-order valence-electron chi connectivity index (χ1n) is 3.34. The average Bonchev–Trinajstić information content (AvgIpc) is 1.80. The van der Waals surface area contributed by atoms with E-state index in [4.69, 9.17) is 11.6 Å². The lowest BCUT2D eigenvalue weighted by molar-refractivity contribution is 0.178. The summed E-state index contributed by atoms with van der Waals surface area (Å²) in [6.07, 6.45) is 0. The zero-order valence-electron chi connectivity index (χ0n) is 7.11. The van der Waals surface area contributed by atoms with Crippen molar-refractivity contribution in [3.63, 3.8) is 0 Å². The van der Waals surface area contributed by atoms with Gasteiger partial charge in [0.05, 0.1) is 0 Å². The standard InChI is InChI=1S/C8H13ClO2/c1-6(8(2,3)4)5-11-7(9)10/h1,5H2,2-4H3. The Hall–Kier alpha value is -0.500. The van der Waals surface area contributed by atoms with Crippen molar-refractivity contribution in [2.75, 3.05) is 6.61 Å². The van der Waals surface area contributed by atoms with Crippen molar-refractivity contribution in [2.45, 2.75) is 20.8 Å². The topological polar surface area (TPSA) is 26.3 Å². The molecule has 0 aromatic rings. The van der Waals surface area contributed by atoms with E-state index in [2.05, 4.69) is 11.3 Å². The highest BCUT2D eigenvalue weighted by molar-refractivity contribution is 6.61. The maximum Gasteiger partial charge on any atom is 0.404 e. The predicted molar refractivity (Wildman–Crippen MR) is 45.8 cm³/mol. The van der Waals surface area contributed by atoms with E-state index < -0.39 is 5.43 Å². The fraction of sp³-hybridized carbons (Fsp3) is 0.625. The molecule has 0 spiro atoms. The molecule has 0 aromatic heterocycles. The minimum absolute atomic E-state index is 0.0354. The summed E-state index contributed by atoms with van der Waals surface area (Å²) in [5, 5.41) is 0. The Labute approximate surface area is 72.2 Å². The summed E-state index contributed by atoms with van der Waals surface area (Å²) in [6.45, 7) is 9.95. The van der Waals surface area contributed by atoms with Crippen molar-refractivity contribution in [3.05, 3.63) is 12.2 Å². The lowest BCUT2D eigenvalue weighted by atomic mass is 9.88. The Bertz CT molecular complexity index is 167. The van der Waals surface area contributed by atoms with E-state index in [1.807, 2.05) is 20.8 Å². The molecule has 0 radical (unpaired) electrons.